The summed E-state index contributed by atoms with van der Waals surface area (Å²) in [5, 5.41) is 6.81. The van der Waals surface area contributed by atoms with Crippen LogP contribution in [0.15, 0.2) is 71.8 Å². The average Bonchev–Trinajstić information content (AvgIpc) is 3.11. The predicted molar refractivity (Wildman–Crippen MR) is 118 cm³/mol. The van der Waals surface area contributed by atoms with Gasteiger partial charge in [0.1, 0.15) is 4.90 Å². The van der Waals surface area contributed by atoms with Crippen molar-refractivity contribution in [3.8, 4) is 0 Å². The van der Waals surface area contributed by atoms with Crippen LogP contribution in [0.4, 0.5) is 5.82 Å². The second kappa shape index (κ2) is 7.88. The lowest BCUT2D eigenvalue weighted by molar-refractivity contribution is 0.600. The minimum atomic E-state index is -3.98. The van der Waals surface area contributed by atoms with Crippen LogP contribution in [-0.2, 0) is 16.6 Å². The molecule has 0 amide bonds. The molecular formula is C20H14Cl3N3O2S. The van der Waals surface area contributed by atoms with Gasteiger partial charge < -0.3 is 0 Å². The maximum Gasteiger partial charge on any atom is 0.264 e. The lowest BCUT2D eigenvalue weighted by atomic mass is 10.0. The molecule has 1 N–H and O–H groups in total. The Morgan fingerprint density at radius 3 is 2.45 bits per heavy atom. The number of hydrogen-bond donors (Lipinski definition) is 1. The molecule has 0 saturated carbocycles. The SMILES string of the molecule is O=S(=O)(Nc1ccn(Cc2cccc3ccccc23)n1)c1cc(Cl)c(Cl)cc1Cl. The Bertz CT molecular complexity index is 1310. The maximum absolute atomic E-state index is 12.7. The summed E-state index contributed by atoms with van der Waals surface area (Å²) in [5.41, 5.74) is 1.08. The van der Waals surface area contributed by atoms with Gasteiger partial charge in [-0.3, -0.25) is 9.40 Å². The average molecular weight is 467 g/mol. The van der Waals surface area contributed by atoms with Crippen LogP contribution in [0.5, 0.6) is 0 Å². The van der Waals surface area contributed by atoms with Crippen molar-refractivity contribution >= 4 is 61.4 Å². The Labute approximate surface area is 182 Å². The molecule has 29 heavy (non-hydrogen) atoms. The highest BCUT2D eigenvalue weighted by Gasteiger charge is 2.21. The van der Waals surface area contributed by atoms with Crippen molar-refractivity contribution < 1.29 is 8.42 Å². The molecule has 1 aromatic heterocycles. The van der Waals surface area contributed by atoms with Crippen molar-refractivity contribution in [2.75, 3.05) is 4.72 Å². The van der Waals surface area contributed by atoms with E-state index < -0.39 is 10.0 Å². The van der Waals surface area contributed by atoms with Gasteiger partial charge in [0, 0.05) is 12.3 Å². The fourth-order valence-electron chi connectivity index (χ4n) is 3.01. The Kier molecular flexibility index (Phi) is 5.44. The summed E-state index contributed by atoms with van der Waals surface area (Å²) in [5.74, 6) is 0.173. The number of fused-ring (bicyclic) bond motifs is 1. The molecule has 0 atom stereocenters. The molecule has 9 heteroatoms. The fraction of sp³-hybridized carbons (Fsp3) is 0.0500. The van der Waals surface area contributed by atoms with E-state index in [4.69, 9.17) is 34.8 Å². The zero-order valence-electron chi connectivity index (χ0n) is 14.8. The molecule has 148 valence electrons. The van der Waals surface area contributed by atoms with Crippen molar-refractivity contribution in [1.82, 2.24) is 9.78 Å². The first-order valence-corrected chi connectivity index (χ1v) is 11.1. The number of hydrogen-bond acceptors (Lipinski definition) is 3. The van der Waals surface area contributed by atoms with Gasteiger partial charge in [-0.25, -0.2) is 8.42 Å². The van der Waals surface area contributed by atoms with Gasteiger partial charge in [0.05, 0.1) is 21.6 Å². The van der Waals surface area contributed by atoms with Gasteiger partial charge in [-0.05, 0) is 28.5 Å². The maximum atomic E-state index is 12.7. The van der Waals surface area contributed by atoms with E-state index in [1.807, 2.05) is 42.5 Å². The topological polar surface area (TPSA) is 64.0 Å². The van der Waals surface area contributed by atoms with Gasteiger partial charge in [-0.15, -0.1) is 0 Å². The summed E-state index contributed by atoms with van der Waals surface area (Å²) < 4.78 is 29.4. The van der Waals surface area contributed by atoms with Crippen LogP contribution in [0.2, 0.25) is 15.1 Å². The Balaban J connectivity index is 1.59. The molecule has 0 unspecified atom stereocenters. The minimum absolute atomic E-state index is 0.0258. The Morgan fingerprint density at radius 1 is 0.897 bits per heavy atom. The monoisotopic (exact) mass is 465 g/mol. The standard InChI is InChI=1S/C20H14Cl3N3O2S/c21-16-10-18(23)19(11-17(16)22)29(27,28)25-20-8-9-26(24-20)12-14-6-3-5-13-4-1-2-7-15(13)14/h1-11H,12H2,(H,24,25). The quantitative estimate of drug-likeness (QED) is 0.375. The van der Waals surface area contributed by atoms with Gasteiger partial charge >= 0.3 is 0 Å². The number of halogens is 3. The van der Waals surface area contributed by atoms with Crippen LogP contribution in [0.1, 0.15) is 5.56 Å². The normalized spacial score (nSPS) is 11.7. The number of benzene rings is 3. The molecule has 0 aliphatic heterocycles. The van der Waals surface area contributed by atoms with E-state index in [2.05, 4.69) is 9.82 Å². The van der Waals surface area contributed by atoms with Gasteiger partial charge in [-0.2, -0.15) is 5.10 Å². The Hall–Kier alpha value is -2.25. The second-order valence-electron chi connectivity index (χ2n) is 6.34. The minimum Gasteiger partial charge on any atom is -0.266 e. The first-order chi connectivity index (χ1) is 13.8. The summed E-state index contributed by atoms with van der Waals surface area (Å²) >= 11 is 17.8. The smallest absolute Gasteiger partial charge is 0.264 e. The number of nitrogens with one attached hydrogen (secondary N) is 1. The summed E-state index contributed by atoms with van der Waals surface area (Å²) in [4.78, 5) is -0.169. The van der Waals surface area contributed by atoms with E-state index >= 15 is 0 Å². The third-order valence-corrected chi connectivity index (χ3v) is 6.90. The molecule has 0 bridgehead atoms. The number of anilines is 1. The molecule has 0 fully saturated rings. The molecule has 0 spiro atoms. The van der Waals surface area contributed by atoms with Crippen LogP contribution in [0.25, 0.3) is 10.8 Å². The van der Waals surface area contributed by atoms with Gasteiger partial charge in [-0.1, -0.05) is 77.3 Å². The molecular weight excluding hydrogens is 453 g/mol. The Morgan fingerprint density at radius 2 is 1.62 bits per heavy atom. The number of sulfonamides is 1. The third-order valence-electron chi connectivity index (χ3n) is 4.36. The van der Waals surface area contributed by atoms with Crippen molar-refractivity contribution in [3.63, 3.8) is 0 Å². The number of rotatable bonds is 5. The van der Waals surface area contributed by atoms with Gasteiger partial charge in [0.2, 0.25) is 0 Å². The zero-order chi connectivity index (χ0) is 20.6. The van der Waals surface area contributed by atoms with E-state index in [9.17, 15) is 8.42 Å². The van der Waals surface area contributed by atoms with Crippen molar-refractivity contribution in [1.29, 1.82) is 0 Å². The van der Waals surface area contributed by atoms with E-state index in [0.29, 0.717) is 6.54 Å². The first kappa shape index (κ1) is 20.0. The van der Waals surface area contributed by atoms with Crippen molar-refractivity contribution in [2.45, 2.75) is 11.4 Å². The summed E-state index contributed by atoms with van der Waals surface area (Å²) in [6, 6.07) is 18.2. The largest absolute Gasteiger partial charge is 0.266 e. The molecule has 3 aromatic carbocycles. The highest BCUT2D eigenvalue weighted by Crippen LogP contribution is 2.32. The molecule has 0 saturated heterocycles. The van der Waals surface area contributed by atoms with Crippen LogP contribution < -0.4 is 4.72 Å². The second-order valence-corrected chi connectivity index (χ2v) is 9.21. The van der Waals surface area contributed by atoms with E-state index in [1.165, 1.54) is 12.1 Å². The van der Waals surface area contributed by atoms with Gasteiger partial charge in [0.25, 0.3) is 10.0 Å². The molecule has 0 aliphatic rings. The molecule has 4 rings (SSSR count). The number of aromatic nitrogens is 2. The van der Waals surface area contributed by atoms with Crippen LogP contribution in [0, 0.1) is 0 Å². The zero-order valence-corrected chi connectivity index (χ0v) is 17.9. The van der Waals surface area contributed by atoms with Crippen LogP contribution >= 0.6 is 34.8 Å². The summed E-state index contributed by atoms with van der Waals surface area (Å²) in [6.07, 6.45) is 1.70. The summed E-state index contributed by atoms with van der Waals surface area (Å²) in [6.45, 7) is 0.497. The summed E-state index contributed by atoms with van der Waals surface area (Å²) in [7, 11) is -3.98. The molecule has 4 aromatic rings. The molecule has 1 heterocycles. The van der Waals surface area contributed by atoms with E-state index in [-0.39, 0.29) is 25.8 Å². The first-order valence-electron chi connectivity index (χ1n) is 8.51. The molecule has 0 aliphatic carbocycles. The lowest BCUT2D eigenvalue weighted by Crippen LogP contribution is -2.14. The predicted octanol–water partition coefficient (Wildman–Crippen LogP) is 5.85. The number of nitrogens with zero attached hydrogens (tertiary/aromatic N) is 2. The highest BCUT2D eigenvalue weighted by atomic mass is 35.5. The highest BCUT2D eigenvalue weighted by molar-refractivity contribution is 7.92. The lowest BCUT2D eigenvalue weighted by Gasteiger charge is -2.09. The van der Waals surface area contributed by atoms with Crippen molar-refractivity contribution in [2.24, 2.45) is 0 Å². The molecule has 0 radical (unpaired) electrons. The third kappa shape index (κ3) is 4.21. The van der Waals surface area contributed by atoms with Gasteiger partial charge in [0.15, 0.2) is 5.82 Å². The van der Waals surface area contributed by atoms with Crippen LogP contribution in [0.3, 0.4) is 0 Å². The fourth-order valence-corrected chi connectivity index (χ4v) is 5.01. The van der Waals surface area contributed by atoms with Crippen molar-refractivity contribution in [3.05, 3.63) is 87.5 Å². The van der Waals surface area contributed by atoms with E-state index in [1.54, 1.807) is 16.9 Å². The van der Waals surface area contributed by atoms with E-state index in [0.717, 1.165) is 16.3 Å². The molecule has 5 nitrogen and oxygen atoms in total. The van der Waals surface area contributed by atoms with Crippen LogP contribution in [-0.4, -0.2) is 18.2 Å².